The van der Waals surface area contributed by atoms with E-state index < -0.39 is 0 Å². The molecule has 1 aromatic rings. The van der Waals surface area contributed by atoms with Crippen LogP contribution in [0.3, 0.4) is 0 Å². The van der Waals surface area contributed by atoms with Gasteiger partial charge in [0.2, 0.25) is 0 Å². The molecule has 1 aromatic carbocycles. The van der Waals surface area contributed by atoms with Crippen LogP contribution in [0.4, 0.5) is 0 Å². The van der Waals surface area contributed by atoms with E-state index in [1.54, 1.807) is 13.0 Å². The Hall–Kier alpha value is -1.55. The number of aromatic hydroxyl groups is 1. The third kappa shape index (κ3) is 2.48. The van der Waals surface area contributed by atoms with Crippen molar-refractivity contribution in [2.45, 2.75) is 32.2 Å². The van der Waals surface area contributed by atoms with E-state index in [-0.39, 0.29) is 17.2 Å². The number of aryl methyl sites for hydroxylation is 2. The molecule has 3 N–H and O–H groups in total. The zero-order valence-electron chi connectivity index (χ0n) is 11.1. The van der Waals surface area contributed by atoms with Crippen LogP contribution < -0.4 is 10.6 Å². The minimum absolute atomic E-state index is 0.0736. The van der Waals surface area contributed by atoms with E-state index in [2.05, 4.69) is 10.6 Å². The third-order valence-electron chi connectivity index (χ3n) is 3.66. The van der Waals surface area contributed by atoms with Gasteiger partial charge in [-0.15, -0.1) is 0 Å². The standard InChI is InChI=1S/C14H20N2O2/c1-9-6-10(2)12(17)11(7-9)13(18)16-8-14(15-3)4-5-14/h6-7,15,17H,4-5,8H2,1-3H3,(H,16,18). The van der Waals surface area contributed by atoms with Crippen LogP contribution in [0, 0.1) is 13.8 Å². The van der Waals surface area contributed by atoms with Crippen molar-refractivity contribution in [2.75, 3.05) is 13.6 Å². The number of carbonyl (C=O) groups is 1. The number of phenolic OH excluding ortho intramolecular Hbond substituents is 1. The van der Waals surface area contributed by atoms with Gasteiger partial charge in [-0.2, -0.15) is 0 Å². The first-order valence-corrected chi connectivity index (χ1v) is 6.25. The molecule has 0 radical (unpaired) electrons. The molecule has 18 heavy (non-hydrogen) atoms. The van der Waals surface area contributed by atoms with Crippen molar-refractivity contribution in [3.63, 3.8) is 0 Å². The Bertz CT molecular complexity index is 479. The fourth-order valence-corrected chi connectivity index (χ4v) is 2.14. The number of rotatable bonds is 4. The molecule has 2 rings (SSSR count). The molecule has 1 aliphatic carbocycles. The Labute approximate surface area is 107 Å². The van der Waals surface area contributed by atoms with Gasteiger partial charge in [0, 0.05) is 12.1 Å². The maximum Gasteiger partial charge on any atom is 0.255 e. The summed E-state index contributed by atoms with van der Waals surface area (Å²) in [5, 5.41) is 16.0. The zero-order valence-corrected chi connectivity index (χ0v) is 11.1. The van der Waals surface area contributed by atoms with E-state index in [0.29, 0.717) is 12.1 Å². The summed E-state index contributed by atoms with van der Waals surface area (Å²) < 4.78 is 0. The fourth-order valence-electron chi connectivity index (χ4n) is 2.14. The quantitative estimate of drug-likeness (QED) is 0.756. The van der Waals surface area contributed by atoms with Crippen LogP contribution in [-0.4, -0.2) is 30.1 Å². The van der Waals surface area contributed by atoms with Gasteiger partial charge in [-0.3, -0.25) is 4.79 Å². The van der Waals surface area contributed by atoms with Crippen LogP contribution in [0.5, 0.6) is 5.75 Å². The molecule has 4 heteroatoms. The molecule has 98 valence electrons. The Morgan fingerprint density at radius 2 is 2.06 bits per heavy atom. The first kappa shape index (κ1) is 12.9. The number of hydrogen-bond acceptors (Lipinski definition) is 3. The summed E-state index contributed by atoms with van der Waals surface area (Å²) >= 11 is 0. The van der Waals surface area contributed by atoms with Gasteiger partial charge in [0.25, 0.3) is 5.91 Å². The third-order valence-corrected chi connectivity index (χ3v) is 3.66. The molecule has 0 unspecified atom stereocenters. The normalized spacial score (nSPS) is 16.4. The number of amides is 1. The molecule has 0 aromatic heterocycles. The zero-order chi connectivity index (χ0) is 13.3. The fraction of sp³-hybridized carbons (Fsp3) is 0.500. The summed E-state index contributed by atoms with van der Waals surface area (Å²) in [6, 6.07) is 3.58. The lowest BCUT2D eigenvalue weighted by Crippen LogP contribution is -2.41. The lowest BCUT2D eigenvalue weighted by Gasteiger charge is -2.16. The molecular formula is C14H20N2O2. The molecule has 0 saturated heterocycles. The molecule has 0 atom stereocenters. The van der Waals surface area contributed by atoms with Gasteiger partial charge in [0.1, 0.15) is 5.75 Å². The van der Waals surface area contributed by atoms with Gasteiger partial charge in [-0.05, 0) is 50.9 Å². The van der Waals surface area contributed by atoms with Crippen molar-refractivity contribution < 1.29 is 9.90 Å². The maximum absolute atomic E-state index is 12.1. The summed E-state index contributed by atoms with van der Waals surface area (Å²) in [6.07, 6.45) is 2.17. The number of likely N-dealkylation sites (N-methyl/N-ethyl adjacent to an activating group) is 1. The predicted octanol–water partition coefficient (Wildman–Crippen LogP) is 1.49. The van der Waals surface area contributed by atoms with Crippen molar-refractivity contribution in [2.24, 2.45) is 0 Å². The average Bonchev–Trinajstić information content (AvgIpc) is 3.11. The van der Waals surface area contributed by atoms with Crippen molar-refractivity contribution in [3.05, 3.63) is 28.8 Å². The summed E-state index contributed by atoms with van der Waals surface area (Å²) in [5.74, 6) is -0.131. The van der Waals surface area contributed by atoms with Crippen LogP contribution >= 0.6 is 0 Å². The maximum atomic E-state index is 12.1. The monoisotopic (exact) mass is 248 g/mol. The summed E-state index contributed by atoms with van der Waals surface area (Å²) in [4.78, 5) is 12.1. The first-order chi connectivity index (χ1) is 8.47. The molecule has 4 nitrogen and oxygen atoms in total. The van der Waals surface area contributed by atoms with Gasteiger partial charge in [0.15, 0.2) is 0 Å². The number of hydrogen-bond donors (Lipinski definition) is 3. The van der Waals surface area contributed by atoms with E-state index in [1.165, 1.54) is 0 Å². The SMILES string of the molecule is CNC1(CNC(=O)c2cc(C)cc(C)c2O)CC1. The summed E-state index contributed by atoms with van der Waals surface area (Å²) in [6.45, 7) is 4.32. The molecular weight excluding hydrogens is 228 g/mol. The molecule has 1 saturated carbocycles. The Morgan fingerprint density at radius 3 is 2.61 bits per heavy atom. The summed E-state index contributed by atoms with van der Waals surface area (Å²) in [5.41, 5.74) is 2.14. The minimum atomic E-state index is -0.208. The molecule has 1 fully saturated rings. The van der Waals surface area contributed by atoms with Gasteiger partial charge in [-0.25, -0.2) is 0 Å². The topological polar surface area (TPSA) is 61.4 Å². The summed E-state index contributed by atoms with van der Waals surface area (Å²) in [7, 11) is 1.91. The van der Waals surface area contributed by atoms with Gasteiger partial charge in [-0.1, -0.05) is 6.07 Å². The van der Waals surface area contributed by atoms with Crippen LogP contribution in [0.2, 0.25) is 0 Å². The molecule has 1 amide bonds. The molecule has 0 spiro atoms. The highest BCUT2D eigenvalue weighted by atomic mass is 16.3. The lowest BCUT2D eigenvalue weighted by atomic mass is 10.0. The Morgan fingerprint density at radius 1 is 1.39 bits per heavy atom. The second kappa shape index (κ2) is 4.61. The number of phenols is 1. The van der Waals surface area contributed by atoms with E-state index in [4.69, 9.17) is 0 Å². The Kier molecular flexibility index (Phi) is 3.30. The van der Waals surface area contributed by atoms with E-state index in [1.807, 2.05) is 20.0 Å². The number of benzene rings is 1. The second-order valence-corrected chi connectivity index (χ2v) is 5.19. The first-order valence-electron chi connectivity index (χ1n) is 6.25. The molecule has 0 aliphatic heterocycles. The van der Waals surface area contributed by atoms with E-state index >= 15 is 0 Å². The molecule has 0 heterocycles. The highest BCUT2D eigenvalue weighted by molar-refractivity contribution is 5.97. The highest BCUT2D eigenvalue weighted by Gasteiger charge is 2.41. The van der Waals surface area contributed by atoms with Gasteiger partial charge >= 0.3 is 0 Å². The van der Waals surface area contributed by atoms with Crippen LogP contribution in [-0.2, 0) is 0 Å². The largest absolute Gasteiger partial charge is 0.507 e. The van der Waals surface area contributed by atoms with Crippen LogP contribution in [0.25, 0.3) is 0 Å². The van der Waals surface area contributed by atoms with E-state index in [0.717, 1.165) is 24.0 Å². The predicted molar refractivity (Wildman–Crippen MR) is 70.9 cm³/mol. The van der Waals surface area contributed by atoms with Gasteiger partial charge < -0.3 is 15.7 Å². The number of carbonyl (C=O) groups excluding carboxylic acids is 1. The molecule has 0 bridgehead atoms. The lowest BCUT2D eigenvalue weighted by molar-refractivity contribution is 0.0945. The average molecular weight is 248 g/mol. The highest BCUT2D eigenvalue weighted by Crippen LogP contribution is 2.34. The molecule has 1 aliphatic rings. The van der Waals surface area contributed by atoms with Crippen molar-refractivity contribution in [1.29, 1.82) is 0 Å². The van der Waals surface area contributed by atoms with Gasteiger partial charge in [0.05, 0.1) is 5.56 Å². The van der Waals surface area contributed by atoms with Crippen LogP contribution in [0.15, 0.2) is 12.1 Å². The van der Waals surface area contributed by atoms with Crippen molar-refractivity contribution >= 4 is 5.91 Å². The minimum Gasteiger partial charge on any atom is -0.507 e. The van der Waals surface area contributed by atoms with Crippen molar-refractivity contribution in [3.8, 4) is 5.75 Å². The van der Waals surface area contributed by atoms with Crippen molar-refractivity contribution in [1.82, 2.24) is 10.6 Å². The number of nitrogens with one attached hydrogen (secondary N) is 2. The second-order valence-electron chi connectivity index (χ2n) is 5.19. The van der Waals surface area contributed by atoms with Crippen LogP contribution in [0.1, 0.15) is 34.3 Å². The Balaban J connectivity index is 2.09. The van der Waals surface area contributed by atoms with E-state index in [9.17, 15) is 9.90 Å². The smallest absolute Gasteiger partial charge is 0.255 e.